The van der Waals surface area contributed by atoms with Crippen LogP contribution in [0.5, 0.6) is 0 Å². The monoisotopic (exact) mass is 230 g/mol. The van der Waals surface area contributed by atoms with Crippen molar-refractivity contribution in [2.45, 2.75) is 6.92 Å². The Morgan fingerprint density at radius 1 is 1.29 bits per heavy atom. The van der Waals surface area contributed by atoms with Crippen LogP contribution in [0.1, 0.15) is 16.1 Å². The molecule has 2 aromatic heterocycles. The summed E-state index contributed by atoms with van der Waals surface area (Å²) in [4.78, 5) is 22.3. The van der Waals surface area contributed by atoms with Gasteiger partial charge in [-0.3, -0.25) is 4.98 Å². The lowest BCUT2D eigenvalue weighted by Crippen LogP contribution is -2.03. The Kier molecular flexibility index (Phi) is 2.95. The Morgan fingerprint density at radius 2 is 2.12 bits per heavy atom. The first kappa shape index (κ1) is 11.0. The molecule has 0 aliphatic rings. The minimum atomic E-state index is -1.10. The van der Waals surface area contributed by atoms with Crippen LogP contribution in [0, 0.1) is 6.92 Å². The summed E-state index contributed by atoms with van der Waals surface area (Å²) in [6.45, 7) is 1.93. The number of carboxylic acids is 1. The Balaban J connectivity index is 2.20. The third-order valence-electron chi connectivity index (χ3n) is 2.17. The Labute approximate surface area is 97.4 Å². The summed E-state index contributed by atoms with van der Waals surface area (Å²) in [6, 6.07) is 1.86. The molecule has 0 atom stereocenters. The summed E-state index contributed by atoms with van der Waals surface area (Å²) in [5.74, 6) is -0.618. The number of aromatic nitrogens is 3. The van der Waals surface area contributed by atoms with Crippen molar-refractivity contribution >= 4 is 17.5 Å². The number of aryl methyl sites for hydroxylation is 1. The molecule has 0 radical (unpaired) electrons. The van der Waals surface area contributed by atoms with E-state index in [0.717, 1.165) is 11.3 Å². The second kappa shape index (κ2) is 4.56. The molecule has 17 heavy (non-hydrogen) atoms. The number of nitrogens with one attached hydrogen (secondary N) is 1. The minimum Gasteiger partial charge on any atom is -0.476 e. The molecule has 0 aliphatic heterocycles. The van der Waals surface area contributed by atoms with E-state index in [1.165, 1.54) is 12.4 Å². The average Bonchev–Trinajstić information content (AvgIpc) is 2.33. The van der Waals surface area contributed by atoms with E-state index in [-0.39, 0.29) is 5.69 Å². The molecule has 0 spiro atoms. The van der Waals surface area contributed by atoms with Crippen molar-refractivity contribution in [1.82, 2.24) is 15.0 Å². The molecular weight excluding hydrogens is 220 g/mol. The third-order valence-corrected chi connectivity index (χ3v) is 2.17. The van der Waals surface area contributed by atoms with Gasteiger partial charge in [-0.2, -0.15) is 0 Å². The van der Waals surface area contributed by atoms with E-state index in [2.05, 4.69) is 20.3 Å². The molecule has 0 saturated heterocycles. The maximum absolute atomic E-state index is 10.6. The molecule has 6 nitrogen and oxygen atoms in total. The molecule has 0 aliphatic carbocycles. The second-order valence-electron chi connectivity index (χ2n) is 3.41. The van der Waals surface area contributed by atoms with Crippen molar-refractivity contribution in [1.29, 1.82) is 0 Å². The van der Waals surface area contributed by atoms with E-state index in [9.17, 15) is 4.79 Å². The summed E-state index contributed by atoms with van der Waals surface area (Å²) < 4.78 is 0. The maximum atomic E-state index is 10.6. The van der Waals surface area contributed by atoms with Crippen LogP contribution >= 0.6 is 0 Å². The van der Waals surface area contributed by atoms with Crippen molar-refractivity contribution in [3.63, 3.8) is 0 Å². The molecule has 0 amide bonds. The minimum absolute atomic E-state index is 0.0848. The van der Waals surface area contributed by atoms with Gasteiger partial charge < -0.3 is 10.4 Å². The number of nitrogens with zero attached hydrogens (tertiary/aromatic N) is 3. The fourth-order valence-corrected chi connectivity index (χ4v) is 1.24. The second-order valence-corrected chi connectivity index (χ2v) is 3.41. The van der Waals surface area contributed by atoms with E-state index in [1.54, 1.807) is 12.4 Å². The fraction of sp³-hybridized carbons (Fsp3) is 0.0909. The van der Waals surface area contributed by atoms with Crippen LogP contribution in [-0.2, 0) is 0 Å². The first-order valence-electron chi connectivity index (χ1n) is 4.90. The van der Waals surface area contributed by atoms with E-state index >= 15 is 0 Å². The number of pyridine rings is 1. The van der Waals surface area contributed by atoms with Gasteiger partial charge in [-0.05, 0) is 18.6 Å². The SMILES string of the molecule is Cc1ccncc1Nc1cnc(C(=O)O)cn1. The number of aromatic carboxylic acids is 1. The highest BCUT2D eigenvalue weighted by atomic mass is 16.4. The van der Waals surface area contributed by atoms with Crippen LogP contribution in [-0.4, -0.2) is 26.0 Å². The largest absolute Gasteiger partial charge is 0.476 e. The molecule has 0 bridgehead atoms. The molecular formula is C11H10N4O2. The van der Waals surface area contributed by atoms with Gasteiger partial charge in [0.1, 0.15) is 5.82 Å². The number of rotatable bonds is 3. The van der Waals surface area contributed by atoms with Crippen molar-refractivity contribution in [2.24, 2.45) is 0 Å². The predicted molar refractivity (Wildman–Crippen MR) is 61.2 cm³/mol. The van der Waals surface area contributed by atoms with Gasteiger partial charge in [-0.1, -0.05) is 0 Å². The highest BCUT2D eigenvalue weighted by Crippen LogP contribution is 2.16. The van der Waals surface area contributed by atoms with E-state index in [0.29, 0.717) is 5.82 Å². The Hall–Kier alpha value is -2.50. The number of carbonyl (C=O) groups is 1. The fourth-order valence-electron chi connectivity index (χ4n) is 1.24. The van der Waals surface area contributed by atoms with Crippen LogP contribution in [0.25, 0.3) is 0 Å². The molecule has 6 heteroatoms. The Morgan fingerprint density at radius 3 is 2.71 bits per heavy atom. The maximum Gasteiger partial charge on any atom is 0.356 e. The zero-order chi connectivity index (χ0) is 12.3. The molecule has 0 fully saturated rings. The normalized spacial score (nSPS) is 9.94. The summed E-state index contributed by atoms with van der Waals surface area (Å²) >= 11 is 0. The zero-order valence-corrected chi connectivity index (χ0v) is 9.08. The quantitative estimate of drug-likeness (QED) is 0.833. The lowest BCUT2D eigenvalue weighted by atomic mass is 10.2. The number of anilines is 2. The zero-order valence-electron chi connectivity index (χ0n) is 9.08. The van der Waals surface area contributed by atoms with Gasteiger partial charge in [0.25, 0.3) is 0 Å². The average molecular weight is 230 g/mol. The highest BCUT2D eigenvalue weighted by molar-refractivity contribution is 5.85. The summed E-state index contributed by atoms with van der Waals surface area (Å²) in [5, 5.41) is 11.7. The molecule has 0 unspecified atom stereocenters. The third kappa shape index (κ3) is 2.54. The van der Waals surface area contributed by atoms with Gasteiger partial charge in [-0.25, -0.2) is 14.8 Å². The van der Waals surface area contributed by atoms with Crippen molar-refractivity contribution in [3.05, 3.63) is 42.1 Å². The Bertz CT molecular complexity index is 539. The first-order valence-corrected chi connectivity index (χ1v) is 4.90. The van der Waals surface area contributed by atoms with Gasteiger partial charge in [-0.15, -0.1) is 0 Å². The lowest BCUT2D eigenvalue weighted by molar-refractivity contribution is 0.0690. The van der Waals surface area contributed by atoms with Crippen molar-refractivity contribution < 1.29 is 9.90 Å². The van der Waals surface area contributed by atoms with Gasteiger partial charge in [0.2, 0.25) is 0 Å². The smallest absolute Gasteiger partial charge is 0.356 e. The van der Waals surface area contributed by atoms with Gasteiger partial charge in [0.15, 0.2) is 5.69 Å². The van der Waals surface area contributed by atoms with Crippen molar-refractivity contribution in [3.8, 4) is 0 Å². The van der Waals surface area contributed by atoms with Crippen LogP contribution in [0.4, 0.5) is 11.5 Å². The van der Waals surface area contributed by atoms with Crippen molar-refractivity contribution in [2.75, 3.05) is 5.32 Å². The molecule has 2 rings (SSSR count). The van der Waals surface area contributed by atoms with Crippen LogP contribution in [0.2, 0.25) is 0 Å². The number of carboxylic acid groups (broad SMARTS) is 1. The molecule has 0 saturated carbocycles. The van der Waals surface area contributed by atoms with E-state index in [1.807, 2.05) is 13.0 Å². The van der Waals surface area contributed by atoms with Crippen LogP contribution < -0.4 is 5.32 Å². The lowest BCUT2D eigenvalue weighted by Gasteiger charge is -2.07. The van der Waals surface area contributed by atoms with Crippen LogP contribution in [0.3, 0.4) is 0 Å². The van der Waals surface area contributed by atoms with Gasteiger partial charge in [0, 0.05) is 6.20 Å². The number of hydrogen-bond acceptors (Lipinski definition) is 5. The summed E-state index contributed by atoms with van der Waals surface area (Å²) in [7, 11) is 0. The van der Waals surface area contributed by atoms with Gasteiger partial charge >= 0.3 is 5.97 Å². The van der Waals surface area contributed by atoms with E-state index < -0.39 is 5.97 Å². The molecule has 86 valence electrons. The summed E-state index contributed by atoms with van der Waals surface area (Å²) in [5.41, 5.74) is 1.74. The molecule has 2 heterocycles. The van der Waals surface area contributed by atoms with E-state index in [4.69, 9.17) is 5.11 Å². The first-order chi connectivity index (χ1) is 8.16. The topological polar surface area (TPSA) is 88.0 Å². The molecule has 2 N–H and O–H groups in total. The molecule has 0 aromatic carbocycles. The molecule has 2 aromatic rings. The predicted octanol–water partition coefficient (Wildman–Crippen LogP) is 1.62. The summed E-state index contributed by atoms with van der Waals surface area (Å²) in [6.07, 6.45) is 5.94. The standard InChI is InChI=1S/C11H10N4O2/c1-7-2-3-12-4-8(7)15-10-6-13-9(5-14-10)11(16)17/h2-6H,1H3,(H,14,15)(H,16,17). The van der Waals surface area contributed by atoms with Gasteiger partial charge in [0.05, 0.1) is 24.3 Å². The van der Waals surface area contributed by atoms with Crippen LogP contribution in [0.15, 0.2) is 30.9 Å². The number of hydrogen-bond donors (Lipinski definition) is 2. The highest BCUT2D eigenvalue weighted by Gasteiger charge is 2.05.